The summed E-state index contributed by atoms with van der Waals surface area (Å²) in [6.07, 6.45) is 2.56. The molecule has 0 amide bonds. The van der Waals surface area contributed by atoms with Gasteiger partial charge in [-0.15, -0.1) is 0 Å². The average molecular weight is 184 g/mol. The van der Waals surface area contributed by atoms with Crippen LogP contribution in [0.1, 0.15) is 12.5 Å². The summed E-state index contributed by atoms with van der Waals surface area (Å²) >= 11 is 0. The lowest BCUT2D eigenvalue weighted by atomic mass is 9.97. The molecule has 4 heteroatoms. The summed E-state index contributed by atoms with van der Waals surface area (Å²) in [5.74, 6) is -0.484. The Morgan fingerprint density at radius 1 is 1.69 bits per heavy atom. The highest BCUT2D eigenvalue weighted by atomic mass is 19.1. The summed E-state index contributed by atoms with van der Waals surface area (Å²) in [6.45, 7) is 1.86. The Labute approximate surface area is 76.6 Å². The summed E-state index contributed by atoms with van der Waals surface area (Å²) in [5, 5.41) is 12.6. The van der Waals surface area contributed by atoms with Crippen LogP contribution >= 0.6 is 0 Å². The predicted octanol–water partition coefficient (Wildman–Crippen LogP) is 0.648. The average Bonchev–Trinajstić information content (AvgIpc) is 2.04. The Balaban J connectivity index is 2.99. The monoisotopic (exact) mass is 184 g/mol. The van der Waals surface area contributed by atoms with Crippen molar-refractivity contribution in [2.24, 2.45) is 0 Å². The first-order valence-electron chi connectivity index (χ1n) is 4.05. The van der Waals surface area contributed by atoms with Crippen molar-refractivity contribution < 1.29 is 9.50 Å². The Hall–Kier alpha value is -1.00. The van der Waals surface area contributed by atoms with Gasteiger partial charge in [0.2, 0.25) is 0 Å². The molecule has 1 rings (SSSR count). The third-order valence-corrected chi connectivity index (χ3v) is 1.87. The predicted molar refractivity (Wildman–Crippen MR) is 47.7 cm³/mol. The van der Waals surface area contributed by atoms with Crippen molar-refractivity contribution in [3.8, 4) is 0 Å². The molecule has 0 saturated carbocycles. The van der Waals surface area contributed by atoms with Crippen LogP contribution in [0.4, 0.5) is 4.39 Å². The van der Waals surface area contributed by atoms with Gasteiger partial charge in [0.05, 0.1) is 6.20 Å². The maximum Gasteiger partial charge on any atom is 0.147 e. The first-order chi connectivity index (χ1) is 6.08. The molecule has 0 saturated heterocycles. The zero-order valence-corrected chi connectivity index (χ0v) is 7.71. The van der Waals surface area contributed by atoms with Gasteiger partial charge in [0, 0.05) is 18.3 Å². The Kier molecular flexibility index (Phi) is 2.95. The second kappa shape index (κ2) is 3.81. The van der Waals surface area contributed by atoms with Crippen molar-refractivity contribution in [1.29, 1.82) is 0 Å². The van der Waals surface area contributed by atoms with E-state index in [1.165, 1.54) is 12.3 Å². The van der Waals surface area contributed by atoms with E-state index < -0.39 is 11.4 Å². The number of pyridine rings is 1. The number of hydrogen-bond acceptors (Lipinski definition) is 3. The highest BCUT2D eigenvalue weighted by molar-refractivity contribution is 5.20. The van der Waals surface area contributed by atoms with E-state index in [0.29, 0.717) is 6.54 Å². The lowest BCUT2D eigenvalue weighted by molar-refractivity contribution is 0.0552. The third kappa shape index (κ3) is 2.23. The zero-order chi connectivity index (χ0) is 9.90. The van der Waals surface area contributed by atoms with Crippen molar-refractivity contribution in [3.05, 3.63) is 29.8 Å². The molecule has 0 aliphatic rings. The van der Waals surface area contributed by atoms with Gasteiger partial charge in [-0.2, -0.15) is 0 Å². The fourth-order valence-corrected chi connectivity index (χ4v) is 1.25. The largest absolute Gasteiger partial charge is 0.384 e. The van der Waals surface area contributed by atoms with Crippen LogP contribution in [0.25, 0.3) is 0 Å². The molecule has 1 aromatic rings. The van der Waals surface area contributed by atoms with Crippen LogP contribution in [0.3, 0.4) is 0 Å². The minimum absolute atomic E-state index is 0.261. The van der Waals surface area contributed by atoms with Gasteiger partial charge in [-0.3, -0.25) is 4.98 Å². The molecule has 0 radical (unpaired) electrons. The van der Waals surface area contributed by atoms with E-state index in [9.17, 15) is 9.50 Å². The maximum absolute atomic E-state index is 13.2. The van der Waals surface area contributed by atoms with Crippen LogP contribution in [0.5, 0.6) is 0 Å². The molecule has 72 valence electrons. The van der Waals surface area contributed by atoms with Gasteiger partial charge in [0.15, 0.2) is 0 Å². The van der Waals surface area contributed by atoms with Gasteiger partial charge < -0.3 is 10.4 Å². The van der Waals surface area contributed by atoms with Gasteiger partial charge in [-0.05, 0) is 20.0 Å². The van der Waals surface area contributed by atoms with Crippen molar-refractivity contribution in [3.63, 3.8) is 0 Å². The smallest absolute Gasteiger partial charge is 0.147 e. The van der Waals surface area contributed by atoms with Gasteiger partial charge in [-0.25, -0.2) is 4.39 Å². The Morgan fingerprint density at radius 3 is 2.92 bits per heavy atom. The van der Waals surface area contributed by atoms with Crippen LogP contribution in [-0.2, 0) is 5.60 Å². The van der Waals surface area contributed by atoms with E-state index in [4.69, 9.17) is 0 Å². The first-order valence-corrected chi connectivity index (χ1v) is 4.05. The zero-order valence-electron chi connectivity index (χ0n) is 7.71. The summed E-state index contributed by atoms with van der Waals surface area (Å²) in [5.41, 5.74) is -0.932. The summed E-state index contributed by atoms with van der Waals surface area (Å²) < 4.78 is 13.2. The summed E-state index contributed by atoms with van der Waals surface area (Å²) in [6, 6.07) is 1.48. The molecular formula is C9H13FN2O. The van der Waals surface area contributed by atoms with Crippen molar-refractivity contribution in [2.75, 3.05) is 13.6 Å². The topological polar surface area (TPSA) is 45.1 Å². The molecule has 1 atom stereocenters. The van der Waals surface area contributed by atoms with E-state index in [1.807, 2.05) is 0 Å². The lowest BCUT2D eigenvalue weighted by Gasteiger charge is -2.23. The van der Waals surface area contributed by atoms with Gasteiger partial charge >= 0.3 is 0 Å². The van der Waals surface area contributed by atoms with E-state index in [-0.39, 0.29) is 5.56 Å². The lowest BCUT2D eigenvalue weighted by Crippen LogP contribution is -2.34. The molecule has 3 nitrogen and oxygen atoms in total. The van der Waals surface area contributed by atoms with Crippen LogP contribution in [0.2, 0.25) is 0 Å². The van der Waals surface area contributed by atoms with Crippen molar-refractivity contribution in [1.82, 2.24) is 10.3 Å². The summed E-state index contributed by atoms with van der Waals surface area (Å²) in [4.78, 5) is 3.61. The molecule has 2 N–H and O–H groups in total. The third-order valence-electron chi connectivity index (χ3n) is 1.87. The van der Waals surface area contributed by atoms with Crippen molar-refractivity contribution >= 4 is 0 Å². The minimum Gasteiger partial charge on any atom is -0.384 e. The number of nitrogens with one attached hydrogen (secondary N) is 1. The standard InChI is InChI=1S/C9H13FN2O/c1-9(13,6-11-2)7-3-4-12-5-8(7)10/h3-5,11,13H,6H2,1-2H3. The highest BCUT2D eigenvalue weighted by Gasteiger charge is 2.25. The number of nitrogens with zero attached hydrogens (tertiary/aromatic N) is 1. The van der Waals surface area contributed by atoms with E-state index in [2.05, 4.69) is 10.3 Å². The van der Waals surface area contributed by atoms with Crippen LogP contribution in [0.15, 0.2) is 18.5 Å². The first kappa shape index (κ1) is 10.1. The number of aromatic nitrogens is 1. The second-order valence-electron chi connectivity index (χ2n) is 3.16. The number of likely N-dealkylation sites (N-methyl/N-ethyl adjacent to an activating group) is 1. The molecule has 13 heavy (non-hydrogen) atoms. The fraction of sp³-hybridized carbons (Fsp3) is 0.444. The van der Waals surface area contributed by atoms with E-state index in [0.717, 1.165) is 6.20 Å². The number of aliphatic hydroxyl groups is 1. The molecule has 1 unspecified atom stereocenters. The number of rotatable bonds is 3. The molecular weight excluding hydrogens is 171 g/mol. The quantitative estimate of drug-likeness (QED) is 0.725. The molecule has 1 heterocycles. The molecule has 0 aliphatic heterocycles. The maximum atomic E-state index is 13.2. The Morgan fingerprint density at radius 2 is 2.38 bits per heavy atom. The Bertz CT molecular complexity index is 289. The van der Waals surface area contributed by atoms with Crippen LogP contribution < -0.4 is 5.32 Å². The molecule has 1 aromatic heterocycles. The van der Waals surface area contributed by atoms with E-state index >= 15 is 0 Å². The van der Waals surface area contributed by atoms with Crippen molar-refractivity contribution in [2.45, 2.75) is 12.5 Å². The molecule has 0 aliphatic carbocycles. The van der Waals surface area contributed by atoms with Crippen LogP contribution in [-0.4, -0.2) is 23.7 Å². The van der Waals surface area contributed by atoms with Crippen LogP contribution in [0, 0.1) is 5.82 Å². The second-order valence-corrected chi connectivity index (χ2v) is 3.16. The normalized spacial score (nSPS) is 15.4. The molecule has 0 spiro atoms. The number of halogens is 1. The molecule has 0 fully saturated rings. The minimum atomic E-state index is -1.19. The molecule has 0 bridgehead atoms. The SMILES string of the molecule is CNCC(C)(O)c1ccncc1F. The van der Waals surface area contributed by atoms with E-state index in [1.54, 1.807) is 14.0 Å². The van der Waals surface area contributed by atoms with Gasteiger partial charge in [-0.1, -0.05) is 0 Å². The van der Waals surface area contributed by atoms with Gasteiger partial charge in [0.25, 0.3) is 0 Å². The molecule has 0 aromatic carbocycles. The van der Waals surface area contributed by atoms with Gasteiger partial charge in [0.1, 0.15) is 11.4 Å². The highest BCUT2D eigenvalue weighted by Crippen LogP contribution is 2.21. The fourth-order valence-electron chi connectivity index (χ4n) is 1.25. The summed E-state index contributed by atoms with van der Waals surface area (Å²) in [7, 11) is 1.70. The number of hydrogen-bond donors (Lipinski definition) is 2.